The molecule has 0 rings (SSSR count). The summed E-state index contributed by atoms with van der Waals surface area (Å²) < 4.78 is 0. The van der Waals surface area contributed by atoms with Gasteiger partial charge in [0.1, 0.15) is 6.10 Å². The van der Waals surface area contributed by atoms with E-state index in [-0.39, 0.29) is 12.5 Å². The number of aliphatic hydroxyl groups excluding tert-OH is 3. The Kier molecular flexibility index (Phi) is 43.9. The molecule has 4 N–H and O–H groups in total. The van der Waals surface area contributed by atoms with E-state index in [1.165, 1.54) is 218 Å². The number of unbranched alkanes of at least 4 members (excludes halogenated alkanes) is 35. The van der Waals surface area contributed by atoms with Gasteiger partial charge in [-0.3, -0.25) is 4.79 Å². The lowest BCUT2D eigenvalue weighted by Gasteiger charge is -2.26. The monoisotopic (exact) mass is 780 g/mol. The van der Waals surface area contributed by atoms with Crippen LogP contribution in [0.15, 0.2) is 0 Å². The summed E-state index contributed by atoms with van der Waals surface area (Å²) in [5.74, 6) is 0.762. The van der Waals surface area contributed by atoms with E-state index in [4.69, 9.17) is 0 Å². The zero-order chi connectivity index (χ0) is 40.3. The molecule has 0 aromatic carbocycles. The summed E-state index contributed by atoms with van der Waals surface area (Å²) in [6.07, 6.45) is 50.8. The van der Waals surface area contributed by atoms with Crippen LogP contribution in [0.5, 0.6) is 0 Å². The summed E-state index contributed by atoms with van der Waals surface area (Å²) in [6, 6.07) is -0.804. The minimum Gasteiger partial charge on any atom is -0.394 e. The van der Waals surface area contributed by atoms with E-state index in [2.05, 4.69) is 26.1 Å². The molecule has 330 valence electrons. The zero-order valence-corrected chi connectivity index (χ0v) is 37.8. The number of hydrogen-bond acceptors (Lipinski definition) is 4. The Hall–Kier alpha value is -0.650. The molecule has 4 atom stereocenters. The van der Waals surface area contributed by atoms with Crippen molar-refractivity contribution in [1.29, 1.82) is 0 Å². The van der Waals surface area contributed by atoms with E-state index in [9.17, 15) is 20.1 Å². The second-order valence-electron chi connectivity index (χ2n) is 18.0. The highest BCUT2D eigenvalue weighted by atomic mass is 16.3. The molecule has 5 heteroatoms. The highest BCUT2D eigenvalue weighted by Gasteiger charge is 2.26. The summed E-state index contributed by atoms with van der Waals surface area (Å²) in [4.78, 5) is 12.5. The molecule has 0 aliphatic carbocycles. The summed E-state index contributed by atoms with van der Waals surface area (Å²) in [5.41, 5.74) is 0. The van der Waals surface area contributed by atoms with Crippen molar-refractivity contribution in [2.24, 2.45) is 5.92 Å². The van der Waals surface area contributed by atoms with Crippen LogP contribution in [0.3, 0.4) is 0 Å². The summed E-state index contributed by atoms with van der Waals surface area (Å²) >= 11 is 0. The lowest BCUT2D eigenvalue weighted by atomic mass is 9.99. The van der Waals surface area contributed by atoms with Crippen LogP contribution in [0.4, 0.5) is 0 Å². The summed E-state index contributed by atoms with van der Waals surface area (Å²) in [6.45, 7) is 6.60. The molecule has 0 spiro atoms. The highest BCUT2D eigenvalue weighted by molar-refractivity contribution is 5.76. The Bertz CT molecular complexity index is 747. The van der Waals surface area contributed by atoms with Gasteiger partial charge in [0.25, 0.3) is 0 Å². The van der Waals surface area contributed by atoms with Crippen molar-refractivity contribution < 1.29 is 20.1 Å². The average molecular weight is 780 g/mol. The molecule has 0 fully saturated rings. The van der Waals surface area contributed by atoms with Gasteiger partial charge in [-0.25, -0.2) is 0 Å². The Morgan fingerprint density at radius 3 is 1.04 bits per heavy atom. The molecule has 0 aromatic heterocycles. The quantitative estimate of drug-likeness (QED) is 0.0463. The largest absolute Gasteiger partial charge is 0.394 e. The lowest BCUT2D eigenvalue weighted by Crippen LogP contribution is -2.50. The van der Waals surface area contributed by atoms with E-state index in [1.807, 2.05) is 0 Å². The molecule has 0 saturated heterocycles. The molecule has 0 unspecified atom stereocenters. The third-order valence-electron chi connectivity index (χ3n) is 12.5. The predicted octanol–water partition coefficient (Wildman–Crippen LogP) is 14.9. The van der Waals surface area contributed by atoms with Crippen LogP contribution in [-0.4, -0.2) is 46.1 Å². The third kappa shape index (κ3) is 39.9. The summed E-state index contributed by atoms with van der Waals surface area (Å²) in [7, 11) is 0. The molecule has 0 aliphatic rings. The van der Waals surface area contributed by atoms with Crippen molar-refractivity contribution in [1.82, 2.24) is 5.32 Å². The van der Waals surface area contributed by atoms with Crippen LogP contribution in [0.25, 0.3) is 0 Å². The third-order valence-corrected chi connectivity index (χ3v) is 12.5. The number of hydrogen-bond donors (Lipinski definition) is 4. The molecule has 55 heavy (non-hydrogen) atoms. The SMILES string of the molecule is CCCCCCCCCCCCCCCCCCCCCCCCCC(=O)N[C@@H](CO)[C@H](O)[C@H](O)CCCCCCCCCCCCCCCC[C@H](C)CC. The van der Waals surface area contributed by atoms with Gasteiger partial charge in [0, 0.05) is 6.42 Å². The van der Waals surface area contributed by atoms with Gasteiger partial charge < -0.3 is 20.6 Å². The number of nitrogens with one attached hydrogen (secondary N) is 1. The molecular formula is C50H101NO4. The zero-order valence-electron chi connectivity index (χ0n) is 37.8. The number of aliphatic hydroxyl groups is 3. The van der Waals surface area contributed by atoms with E-state index in [0.29, 0.717) is 12.8 Å². The van der Waals surface area contributed by atoms with E-state index < -0.39 is 18.2 Å². The average Bonchev–Trinajstić information content (AvgIpc) is 3.19. The molecular weight excluding hydrogens is 679 g/mol. The molecule has 1 amide bonds. The standard InChI is InChI=1S/C50H101NO4/c1-4-6-7-8-9-10-11-12-13-14-15-16-17-18-19-20-21-26-29-32-35-38-41-44-49(54)51-47(45-52)50(55)48(53)43-40-37-34-31-28-25-23-22-24-27-30-33-36-39-42-46(3)5-2/h46-48,50,52-53,55H,4-45H2,1-3H3,(H,51,54)/t46-,47+,48-,50+/m1/s1. The molecule has 0 saturated carbocycles. The first-order chi connectivity index (χ1) is 27.0. The lowest BCUT2D eigenvalue weighted by molar-refractivity contribution is -0.124. The summed E-state index contributed by atoms with van der Waals surface area (Å²) in [5, 5.41) is 33.7. The number of amides is 1. The minimum atomic E-state index is -1.13. The number of carbonyl (C=O) groups is 1. The van der Waals surface area contributed by atoms with E-state index >= 15 is 0 Å². The second-order valence-corrected chi connectivity index (χ2v) is 18.0. The topological polar surface area (TPSA) is 89.8 Å². The van der Waals surface area contributed by atoms with Crippen LogP contribution in [0.1, 0.15) is 284 Å². The predicted molar refractivity (Wildman–Crippen MR) is 241 cm³/mol. The van der Waals surface area contributed by atoms with Crippen molar-refractivity contribution in [3.63, 3.8) is 0 Å². The number of carbonyl (C=O) groups excluding carboxylic acids is 1. The van der Waals surface area contributed by atoms with Crippen LogP contribution < -0.4 is 5.32 Å². The van der Waals surface area contributed by atoms with E-state index in [1.54, 1.807) is 0 Å². The highest BCUT2D eigenvalue weighted by Crippen LogP contribution is 2.18. The van der Waals surface area contributed by atoms with Crippen LogP contribution in [-0.2, 0) is 4.79 Å². The van der Waals surface area contributed by atoms with Gasteiger partial charge in [-0.05, 0) is 18.8 Å². The first kappa shape index (κ1) is 54.3. The fourth-order valence-corrected chi connectivity index (χ4v) is 8.20. The molecule has 0 radical (unpaired) electrons. The normalized spacial score (nSPS) is 13.9. The van der Waals surface area contributed by atoms with Crippen molar-refractivity contribution >= 4 is 5.91 Å². The fraction of sp³-hybridized carbons (Fsp3) is 0.980. The van der Waals surface area contributed by atoms with Crippen molar-refractivity contribution in [3.8, 4) is 0 Å². The van der Waals surface area contributed by atoms with Crippen LogP contribution >= 0.6 is 0 Å². The van der Waals surface area contributed by atoms with Gasteiger partial charge in [0.2, 0.25) is 5.91 Å². The maximum absolute atomic E-state index is 12.5. The maximum Gasteiger partial charge on any atom is 0.220 e. The molecule has 0 bridgehead atoms. The molecule has 0 heterocycles. The van der Waals surface area contributed by atoms with Crippen molar-refractivity contribution in [2.45, 2.75) is 302 Å². The van der Waals surface area contributed by atoms with Gasteiger partial charge in [-0.2, -0.15) is 0 Å². The molecule has 5 nitrogen and oxygen atoms in total. The Morgan fingerprint density at radius 1 is 0.436 bits per heavy atom. The molecule has 0 aromatic rings. The Morgan fingerprint density at radius 2 is 0.727 bits per heavy atom. The van der Waals surface area contributed by atoms with Gasteiger partial charge in [-0.15, -0.1) is 0 Å². The van der Waals surface area contributed by atoms with Gasteiger partial charge in [0.15, 0.2) is 0 Å². The van der Waals surface area contributed by atoms with Gasteiger partial charge >= 0.3 is 0 Å². The molecule has 0 aliphatic heterocycles. The minimum absolute atomic E-state index is 0.138. The smallest absolute Gasteiger partial charge is 0.220 e. The van der Waals surface area contributed by atoms with Gasteiger partial charge in [-0.1, -0.05) is 265 Å². The fourth-order valence-electron chi connectivity index (χ4n) is 8.20. The second kappa shape index (κ2) is 44.5. The van der Waals surface area contributed by atoms with Gasteiger partial charge in [0.05, 0.1) is 18.8 Å². The Balaban J connectivity index is 3.54. The Labute approximate surface area is 345 Å². The van der Waals surface area contributed by atoms with Crippen LogP contribution in [0.2, 0.25) is 0 Å². The first-order valence-corrected chi connectivity index (χ1v) is 25.2. The van der Waals surface area contributed by atoms with Crippen molar-refractivity contribution in [2.75, 3.05) is 6.61 Å². The van der Waals surface area contributed by atoms with Crippen LogP contribution in [0, 0.1) is 5.92 Å². The van der Waals surface area contributed by atoms with E-state index in [0.717, 1.165) is 38.0 Å². The number of rotatable bonds is 46. The van der Waals surface area contributed by atoms with Crippen molar-refractivity contribution in [3.05, 3.63) is 0 Å². The first-order valence-electron chi connectivity index (χ1n) is 25.2. The maximum atomic E-state index is 12.5.